The van der Waals surface area contributed by atoms with E-state index in [1.54, 1.807) is 34.9 Å². The number of benzene rings is 1. The molecule has 0 radical (unpaired) electrons. The molecular formula is C20H16BrN3O3S2. The van der Waals surface area contributed by atoms with Gasteiger partial charge in [0.05, 0.1) is 5.52 Å². The van der Waals surface area contributed by atoms with E-state index in [-0.39, 0.29) is 24.6 Å². The van der Waals surface area contributed by atoms with Gasteiger partial charge < -0.3 is 5.32 Å². The average Bonchev–Trinajstić information content (AvgIpc) is 3.39. The third-order valence-corrected chi connectivity index (χ3v) is 6.78. The van der Waals surface area contributed by atoms with Gasteiger partial charge >= 0.3 is 5.69 Å². The first kappa shape index (κ1) is 19.8. The van der Waals surface area contributed by atoms with Gasteiger partial charge in [0.15, 0.2) is 0 Å². The van der Waals surface area contributed by atoms with Crippen molar-refractivity contribution < 1.29 is 4.79 Å². The minimum absolute atomic E-state index is 0.165. The van der Waals surface area contributed by atoms with Crippen LogP contribution in [0, 0.1) is 0 Å². The molecule has 0 aliphatic heterocycles. The fraction of sp³-hybridized carbons (Fsp3) is 0.150. The molecule has 6 nitrogen and oxygen atoms in total. The zero-order valence-electron chi connectivity index (χ0n) is 15.1. The Balaban J connectivity index is 1.65. The Bertz CT molecular complexity index is 1270. The minimum atomic E-state index is -0.469. The standard InChI is InChI=1S/C20H16BrN3O3S2/c21-13-3-5-14(6-4-13)22-17(25)12-24-16-8-11-29-18(16)19(26)23(20(24)27)9-7-15-2-1-10-28-15/h1-6,8,10-11H,7,9,12H2,(H,22,25). The highest BCUT2D eigenvalue weighted by Crippen LogP contribution is 2.17. The van der Waals surface area contributed by atoms with Gasteiger partial charge in [-0.05, 0) is 53.6 Å². The Kier molecular flexibility index (Phi) is 5.79. The van der Waals surface area contributed by atoms with Crippen molar-refractivity contribution in [2.24, 2.45) is 0 Å². The van der Waals surface area contributed by atoms with E-state index in [1.165, 1.54) is 20.5 Å². The summed E-state index contributed by atoms with van der Waals surface area (Å²) in [4.78, 5) is 39.5. The summed E-state index contributed by atoms with van der Waals surface area (Å²) in [5, 5.41) is 6.51. The summed E-state index contributed by atoms with van der Waals surface area (Å²) in [6, 6.07) is 12.8. The van der Waals surface area contributed by atoms with Crippen LogP contribution in [0.4, 0.5) is 5.69 Å². The van der Waals surface area contributed by atoms with Gasteiger partial charge in [-0.15, -0.1) is 22.7 Å². The van der Waals surface area contributed by atoms with Gasteiger partial charge in [-0.3, -0.25) is 18.7 Å². The van der Waals surface area contributed by atoms with Crippen molar-refractivity contribution in [2.45, 2.75) is 19.5 Å². The summed E-state index contributed by atoms with van der Waals surface area (Å²) >= 11 is 6.22. The van der Waals surface area contributed by atoms with E-state index >= 15 is 0 Å². The molecule has 1 amide bonds. The number of halogens is 1. The first-order valence-corrected chi connectivity index (χ1v) is 11.4. The number of fused-ring (bicyclic) bond motifs is 1. The molecule has 1 aromatic carbocycles. The molecule has 0 aliphatic rings. The molecule has 4 rings (SSSR count). The van der Waals surface area contributed by atoms with E-state index in [9.17, 15) is 14.4 Å². The molecular weight excluding hydrogens is 474 g/mol. The summed E-state index contributed by atoms with van der Waals surface area (Å²) in [5.41, 5.74) is 0.353. The van der Waals surface area contributed by atoms with Crippen LogP contribution in [0.3, 0.4) is 0 Å². The number of nitrogens with zero attached hydrogens (tertiary/aromatic N) is 2. The van der Waals surface area contributed by atoms with Gasteiger partial charge in [0.25, 0.3) is 5.56 Å². The van der Waals surface area contributed by atoms with Crippen LogP contribution in [-0.2, 0) is 24.3 Å². The second kappa shape index (κ2) is 8.48. The molecule has 0 aliphatic carbocycles. The molecule has 0 atom stereocenters. The molecule has 0 fully saturated rings. The van der Waals surface area contributed by atoms with Crippen LogP contribution in [0.5, 0.6) is 0 Å². The highest BCUT2D eigenvalue weighted by atomic mass is 79.9. The van der Waals surface area contributed by atoms with Crippen LogP contribution in [-0.4, -0.2) is 15.0 Å². The number of thiophene rings is 2. The van der Waals surface area contributed by atoms with Gasteiger partial charge in [-0.2, -0.15) is 0 Å². The van der Waals surface area contributed by atoms with Crippen molar-refractivity contribution in [2.75, 3.05) is 5.32 Å². The van der Waals surface area contributed by atoms with Gasteiger partial charge in [0, 0.05) is 21.6 Å². The van der Waals surface area contributed by atoms with Gasteiger partial charge in [0.1, 0.15) is 11.2 Å². The van der Waals surface area contributed by atoms with Crippen LogP contribution in [0.25, 0.3) is 10.2 Å². The quantitative estimate of drug-likeness (QED) is 0.445. The number of nitrogens with one attached hydrogen (secondary N) is 1. The number of hydrogen-bond acceptors (Lipinski definition) is 5. The lowest BCUT2D eigenvalue weighted by Gasteiger charge is -2.12. The fourth-order valence-electron chi connectivity index (χ4n) is 3.04. The topological polar surface area (TPSA) is 73.1 Å². The van der Waals surface area contributed by atoms with Crippen LogP contribution in [0.1, 0.15) is 4.88 Å². The molecule has 0 saturated carbocycles. The highest BCUT2D eigenvalue weighted by molar-refractivity contribution is 9.10. The monoisotopic (exact) mass is 489 g/mol. The number of carbonyl (C=O) groups excluding carboxylic acids is 1. The van der Waals surface area contributed by atoms with Crippen molar-refractivity contribution in [3.63, 3.8) is 0 Å². The van der Waals surface area contributed by atoms with E-state index < -0.39 is 5.69 Å². The summed E-state index contributed by atoms with van der Waals surface area (Å²) in [6.07, 6.45) is 0.592. The second-order valence-corrected chi connectivity index (χ2v) is 9.21. The molecule has 0 unspecified atom stereocenters. The van der Waals surface area contributed by atoms with E-state index in [0.717, 1.165) is 9.35 Å². The predicted octanol–water partition coefficient (Wildman–Crippen LogP) is 3.93. The smallest absolute Gasteiger partial charge is 0.325 e. The minimum Gasteiger partial charge on any atom is -0.325 e. The number of rotatable bonds is 6. The van der Waals surface area contributed by atoms with Crippen molar-refractivity contribution in [3.8, 4) is 0 Å². The Morgan fingerprint density at radius 2 is 1.79 bits per heavy atom. The number of aryl methyl sites for hydroxylation is 1. The molecule has 0 bridgehead atoms. The van der Waals surface area contributed by atoms with E-state index in [1.807, 2.05) is 29.6 Å². The first-order chi connectivity index (χ1) is 14.0. The molecule has 1 N–H and O–H groups in total. The maximum atomic E-state index is 13.0. The molecule has 0 spiro atoms. The van der Waals surface area contributed by atoms with Crippen molar-refractivity contribution in [3.05, 3.63) is 83.4 Å². The number of amides is 1. The largest absolute Gasteiger partial charge is 0.332 e. The number of hydrogen-bond donors (Lipinski definition) is 1. The van der Waals surface area contributed by atoms with E-state index in [0.29, 0.717) is 22.3 Å². The van der Waals surface area contributed by atoms with Crippen LogP contribution < -0.4 is 16.6 Å². The highest BCUT2D eigenvalue weighted by Gasteiger charge is 2.16. The molecule has 9 heteroatoms. The molecule has 148 valence electrons. The number of aromatic nitrogens is 2. The second-order valence-electron chi connectivity index (χ2n) is 6.34. The maximum absolute atomic E-state index is 13.0. The van der Waals surface area contributed by atoms with Crippen LogP contribution in [0.2, 0.25) is 0 Å². The summed E-state index contributed by atoms with van der Waals surface area (Å²) in [7, 11) is 0. The summed E-state index contributed by atoms with van der Waals surface area (Å²) < 4.78 is 3.98. The number of anilines is 1. The predicted molar refractivity (Wildman–Crippen MR) is 121 cm³/mol. The first-order valence-electron chi connectivity index (χ1n) is 8.81. The molecule has 0 saturated heterocycles. The van der Waals surface area contributed by atoms with Gasteiger partial charge in [-0.25, -0.2) is 4.79 Å². The Morgan fingerprint density at radius 3 is 2.52 bits per heavy atom. The molecule has 3 heterocycles. The third-order valence-electron chi connectivity index (χ3n) is 4.43. The van der Waals surface area contributed by atoms with E-state index in [2.05, 4.69) is 21.2 Å². The van der Waals surface area contributed by atoms with Gasteiger partial charge in [-0.1, -0.05) is 22.0 Å². The average molecular weight is 490 g/mol. The van der Waals surface area contributed by atoms with Crippen LogP contribution >= 0.6 is 38.6 Å². The van der Waals surface area contributed by atoms with Crippen molar-refractivity contribution in [1.82, 2.24) is 9.13 Å². The lowest BCUT2D eigenvalue weighted by molar-refractivity contribution is -0.116. The Hall–Kier alpha value is -2.49. The van der Waals surface area contributed by atoms with E-state index in [4.69, 9.17) is 0 Å². The molecule has 4 aromatic rings. The van der Waals surface area contributed by atoms with Gasteiger partial charge in [0.2, 0.25) is 5.91 Å². The SMILES string of the molecule is O=C(Cn1c(=O)n(CCc2cccs2)c(=O)c2sccc21)Nc1ccc(Br)cc1. The molecule has 3 aromatic heterocycles. The Morgan fingerprint density at radius 1 is 1.00 bits per heavy atom. The van der Waals surface area contributed by atoms with Crippen LogP contribution in [0.15, 0.2) is 67.3 Å². The van der Waals surface area contributed by atoms with Crippen molar-refractivity contribution in [1.29, 1.82) is 0 Å². The third kappa shape index (κ3) is 4.26. The number of carbonyl (C=O) groups is 1. The maximum Gasteiger partial charge on any atom is 0.332 e. The summed E-state index contributed by atoms with van der Waals surface area (Å²) in [6.45, 7) is 0.113. The lowest BCUT2D eigenvalue weighted by Crippen LogP contribution is -2.41. The zero-order chi connectivity index (χ0) is 20.4. The normalized spacial score (nSPS) is 11.1. The fourth-order valence-corrected chi connectivity index (χ4v) is 4.84. The summed E-state index contributed by atoms with van der Waals surface area (Å²) in [5.74, 6) is -0.328. The molecule has 29 heavy (non-hydrogen) atoms. The van der Waals surface area contributed by atoms with Crippen molar-refractivity contribution >= 4 is 60.4 Å². The Labute approximate surface area is 182 Å². The lowest BCUT2D eigenvalue weighted by atomic mass is 10.3. The zero-order valence-corrected chi connectivity index (χ0v) is 18.4.